The predicted molar refractivity (Wildman–Crippen MR) is 76.0 cm³/mol. The summed E-state index contributed by atoms with van der Waals surface area (Å²) in [6.45, 7) is 4.83. The lowest BCUT2D eigenvalue weighted by molar-refractivity contribution is 0.0789. The van der Waals surface area contributed by atoms with Crippen molar-refractivity contribution in [3.63, 3.8) is 0 Å². The van der Waals surface area contributed by atoms with Crippen molar-refractivity contribution in [1.82, 2.24) is 4.90 Å². The summed E-state index contributed by atoms with van der Waals surface area (Å²) >= 11 is 1.49. The van der Waals surface area contributed by atoms with Gasteiger partial charge in [-0.15, -0.1) is 11.3 Å². The minimum atomic E-state index is 0.0879. The van der Waals surface area contributed by atoms with Crippen LogP contribution >= 0.6 is 11.3 Å². The van der Waals surface area contributed by atoms with Crippen molar-refractivity contribution in [2.75, 3.05) is 7.05 Å². The van der Waals surface area contributed by atoms with E-state index in [4.69, 9.17) is 0 Å². The highest BCUT2D eigenvalue weighted by atomic mass is 32.1. The van der Waals surface area contributed by atoms with Crippen LogP contribution in [0.3, 0.4) is 0 Å². The first-order valence-corrected chi connectivity index (χ1v) is 6.81. The lowest BCUT2D eigenvalue weighted by Crippen LogP contribution is -2.25. The standard InChI is InChI=1S/C15H17NOS/c1-11-6-7-13(12(2)9-11)10-16(3)15(17)14-5-4-8-18-14/h4-9H,10H2,1-3H3. The van der Waals surface area contributed by atoms with Gasteiger partial charge in [0, 0.05) is 13.6 Å². The smallest absolute Gasteiger partial charge is 0.263 e. The van der Waals surface area contributed by atoms with E-state index in [1.807, 2.05) is 24.6 Å². The molecule has 2 rings (SSSR count). The minimum absolute atomic E-state index is 0.0879. The second kappa shape index (κ2) is 5.36. The Morgan fingerprint density at radius 1 is 1.28 bits per heavy atom. The Morgan fingerprint density at radius 2 is 2.06 bits per heavy atom. The number of hydrogen-bond acceptors (Lipinski definition) is 2. The lowest BCUT2D eigenvalue weighted by Gasteiger charge is -2.18. The van der Waals surface area contributed by atoms with Gasteiger partial charge in [0.25, 0.3) is 5.91 Å². The summed E-state index contributed by atoms with van der Waals surface area (Å²) in [6, 6.07) is 10.1. The second-order valence-electron chi connectivity index (χ2n) is 4.57. The third kappa shape index (κ3) is 2.79. The summed E-state index contributed by atoms with van der Waals surface area (Å²) in [5, 5.41) is 1.93. The van der Waals surface area contributed by atoms with Crippen LogP contribution in [0.2, 0.25) is 0 Å². The molecule has 2 nitrogen and oxygen atoms in total. The van der Waals surface area contributed by atoms with Crippen molar-refractivity contribution in [3.8, 4) is 0 Å². The molecule has 0 fully saturated rings. The maximum Gasteiger partial charge on any atom is 0.263 e. The normalized spacial score (nSPS) is 10.4. The maximum absolute atomic E-state index is 12.1. The van der Waals surface area contributed by atoms with Gasteiger partial charge in [0.2, 0.25) is 0 Å². The van der Waals surface area contributed by atoms with Crippen LogP contribution in [0.4, 0.5) is 0 Å². The molecule has 0 spiro atoms. The van der Waals surface area contributed by atoms with E-state index in [0.717, 1.165) is 4.88 Å². The zero-order valence-corrected chi connectivity index (χ0v) is 11.8. The van der Waals surface area contributed by atoms with Crippen LogP contribution in [0.1, 0.15) is 26.4 Å². The van der Waals surface area contributed by atoms with Gasteiger partial charge in [-0.25, -0.2) is 0 Å². The molecule has 2 aromatic rings. The molecule has 18 heavy (non-hydrogen) atoms. The Bertz CT molecular complexity index is 546. The summed E-state index contributed by atoms with van der Waals surface area (Å²) < 4.78 is 0. The number of amides is 1. The summed E-state index contributed by atoms with van der Waals surface area (Å²) in [5.41, 5.74) is 3.69. The molecule has 1 amide bonds. The predicted octanol–water partition coefficient (Wildman–Crippen LogP) is 3.64. The zero-order chi connectivity index (χ0) is 13.1. The number of aryl methyl sites for hydroxylation is 2. The SMILES string of the molecule is Cc1ccc(CN(C)C(=O)c2cccs2)c(C)c1. The van der Waals surface area contributed by atoms with E-state index in [9.17, 15) is 4.79 Å². The molecule has 0 unspecified atom stereocenters. The molecule has 0 radical (unpaired) electrons. The molecule has 0 atom stereocenters. The van der Waals surface area contributed by atoms with E-state index < -0.39 is 0 Å². The first-order chi connectivity index (χ1) is 8.58. The quantitative estimate of drug-likeness (QED) is 0.824. The van der Waals surface area contributed by atoms with E-state index >= 15 is 0 Å². The molecule has 1 aromatic carbocycles. The van der Waals surface area contributed by atoms with Crippen molar-refractivity contribution in [2.45, 2.75) is 20.4 Å². The van der Waals surface area contributed by atoms with Crippen molar-refractivity contribution in [3.05, 3.63) is 57.3 Å². The molecular formula is C15H17NOS. The van der Waals surface area contributed by atoms with Crippen LogP contribution in [0.15, 0.2) is 35.7 Å². The molecule has 0 bridgehead atoms. The minimum Gasteiger partial charge on any atom is -0.337 e. The van der Waals surface area contributed by atoms with Crippen LogP contribution in [0.5, 0.6) is 0 Å². The van der Waals surface area contributed by atoms with E-state index in [-0.39, 0.29) is 5.91 Å². The number of carbonyl (C=O) groups excluding carboxylic acids is 1. The first-order valence-electron chi connectivity index (χ1n) is 5.93. The Labute approximate surface area is 112 Å². The van der Waals surface area contributed by atoms with Crippen LogP contribution < -0.4 is 0 Å². The fraction of sp³-hybridized carbons (Fsp3) is 0.267. The Hall–Kier alpha value is -1.61. The fourth-order valence-corrected chi connectivity index (χ4v) is 2.66. The summed E-state index contributed by atoms with van der Waals surface area (Å²) in [6.07, 6.45) is 0. The Balaban J connectivity index is 2.11. The van der Waals surface area contributed by atoms with Gasteiger partial charge in [-0.3, -0.25) is 4.79 Å². The average Bonchev–Trinajstić information content (AvgIpc) is 2.85. The third-order valence-corrected chi connectivity index (χ3v) is 3.84. The first kappa shape index (κ1) is 12.8. The van der Waals surface area contributed by atoms with Crippen molar-refractivity contribution >= 4 is 17.2 Å². The topological polar surface area (TPSA) is 20.3 Å². The molecule has 0 saturated heterocycles. The highest BCUT2D eigenvalue weighted by Gasteiger charge is 2.13. The monoisotopic (exact) mass is 259 g/mol. The van der Waals surface area contributed by atoms with Crippen molar-refractivity contribution in [1.29, 1.82) is 0 Å². The largest absolute Gasteiger partial charge is 0.337 e. The van der Waals surface area contributed by atoms with Gasteiger partial charge in [-0.05, 0) is 36.4 Å². The number of benzene rings is 1. The van der Waals surface area contributed by atoms with Gasteiger partial charge in [-0.2, -0.15) is 0 Å². The van der Waals surface area contributed by atoms with Gasteiger partial charge in [-0.1, -0.05) is 29.8 Å². The van der Waals surface area contributed by atoms with E-state index in [1.165, 1.54) is 28.0 Å². The summed E-state index contributed by atoms with van der Waals surface area (Å²) in [5.74, 6) is 0.0879. The molecule has 0 aliphatic heterocycles. The Morgan fingerprint density at radius 3 is 2.67 bits per heavy atom. The Kier molecular flexibility index (Phi) is 3.82. The molecule has 0 N–H and O–H groups in total. The zero-order valence-electron chi connectivity index (χ0n) is 10.9. The van der Waals surface area contributed by atoms with Gasteiger partial charge >= 0.3 is 0 Å². The number of nitrogens with zero attached hydrogens (tertiary/aromatic N) is 1. The number of thiophene rings is 1. The van der Waals surface area contributed by atoms with Gasteiger partial charge in [0.15, 0.2) is 0 Å². The molecule has 0 aliphatic rings. The lowest BCUT2D eigenvalue weighted by atomic mass is 10.1. The number of rotatable bonds is 3. The molecule has 1 heterocycles. The average molecular weight is 259 g/mol. The van der Waals surface area contributed by atoms with Crippen LogP contribution in [-0.2, 0) is 6.54 Å². The number of carbonyl (C=O) groups is 1. The molecule has 0 saturated carbocycles. The van der Waals surface area contributed by atoms with Crippen LogP contribution in [-0.4, -0.2) is 17.9 Å². The van der Waals surface area contributed by atoms with E-state index in [1.54, 1.807) is 4.90 Å². The van der Waals surface area contributed by atoms with Crippen molar-refractivity contribution in [2.24, 2.45) is 0 Å². The van der Waals surface area contributed by atoms with Crippen LogP contribution in [0.25, 0.3) is 0 Å². The van der Waals surface area contributed by atoms with E-state index in [0.29, 0.717) is 6.54 Å². The second-order valence-corrected chi connectivity index (χ2v) is 5.52. The summed E-state index contributed by atoms with van der Waals surface area (Å²) in [7, 11) is 1.85. The molecule has 0 aliphatic carbocycles. The van der Waals surface area contributed by atoms with Crippen LogP contribution in [0, 0.1) is 13.8 Å². The molecule has 94 valence electrons. The van der Waals surface area contributed by atoms with Gasteiger partial charge < -0.3 is 4.90 Å². The van der Waals surface area contributed by atoms with Gasteiger partial charge in [0.1, 0.15) is 0 Å². The van der Waals surface area contributed by atoms with E-state index in [2.05, 4.69) is 32.0 Å². The fourth-order valence-electron chi connectivity index (χ4n) is 1.94. The third-order valence-electron chi connectivity index (χ3n) is 2.98. The van der Waals surface area contributed by atoms with Crippen molar-refractivity contribution < 1.29 is 4.79 Å². The molecular weight excluding hydrogens is 242 g/mol. The molecule has 3 heteroatoms. The highest BCUT2D eigenvalue weighted by Crippen LogP contribution is 2.16. The molecule has 1 aromatic heterocycles. The highest BCUT2D eigenvalue weighted by molar-refractivity contribution is 7.12. The number of hydrogen-bond donors (Lipinski definition) is 0. The maximum atomic E-state index is 12.1. The summed E-state index contributed by atoms with van der Waals surface area (Å²) in [4.78, 5) is 14.7. The van der Waals surface area contributed by atoms with Gasteiger partial charge in [0.05, 0.1) is 4.88 Å².